The summed E-state index contributed by atoms with van der Waals surface area (Å²) in [5.41, 5.74) is 0.730. The summed E-state index contributed by atoms with van der Waals surface area (Å²) >= 11 is 0. The summed E-state index contributed by atoms with van der Waals surface area (Å²) in [6, 6.07) is 6.74. The molecule has 0 spiro atoms. The molecule has 0 radical (unpaired) electrons. The molecule has 0 aliphatic carbocycles. The molecule has 0 N–H and O–H groups in total. The van der Waals surface area contributed by atoms with E-state index in [-0.39, 0.29) is 12.3 Å². The highest BCUT2D eigenvalue weighted by Gasteiger charge is 2.18. The van der Waals surface area contributed by atoms with E-state index in [0.717, 1.165) is 31.3 Å². The van der Waals surface area contributed by atoms with Crippen molar-refractivity contribution in [1.29, 1.82) is 0 Å². The minimum atomic E-state index is -0.440. The first-order valence-corrected chi connectivity index (χ1v) is 8.06. The van der Waals surface area contributed by atoms with Gasteiger partial charge in [0.15, 0.2) is 0 Å². The highest BCUT2D eigenvalue weighted by Crippen LogP contribution is 2.23. The van der Waals surface area contributed by atoms with Gasteiger partial charge in [-0.15, -0.1) is 0 Å². The molecule has 23 heavy (non-hydrogen) atoms. The molecule has 1 saturated heterocycles. The van der Waals surface area contributed by atoms with Crippen molar-refractivity contribution in [2.75, 3.05) is 20.2 Å². The van der Waals surface area contributed by atoms with Crippen LogP contribution in [0.3, 0.4) is 0 Å². The molecule has 2 heterocycles. The van der Waals surface area contributed by atoms with Gasteiger partial charge < -0.3 is 14.1 Å². The minimum Gasteiger partial charge on any atom is -0.497 e. The van der Waals surface area contributed by atoms with Crippen LogP contribution in [0.4, 0.5) is 0 Å². The number of rotatable bonds is 3. The van der Waals surface area contributed by atoms with Gasteiger partial charge in [-0.2, -0.15) is 0 Å². The van der Waals surface area contributed by atoms with Crippen LogP contribution in [-0.2, 0) is 11.2 Å². The van der Waals surface area contributed by atoms with Gasteiger partial charge in [-0.25, -0.2) is 4.79 Å². The van der Waals surface area contributed by atoms with Crippen LogP contribution in [0.2, 0.25) is 0 Å². The molecule has 1 aliphatic heterocycles. The smallest absolute Gasteiger partial charge is 0.336 e. The zero-order chi connectivity index (χ0) is 16.2. The Morgan fingerprint density at radius 3 is 2.61 bits per heavy atom. The fourth-order valence-corrected chi connectivity index (χ4v) is 3.08. The quantitative estimate of drug-likeness (QED) is 0.817. The standard InChI is InChI=1S/C18H21NO4/c1-22-14-6-7-15-13(11-18(21)23-16(15)12-14)10-17(20)19-8-4-2-3-5-9-19/h6-7,11-12H,2-5,8-10H2,1H3. The van der Waals surface area contributed by atoms with E-state index in [1.165, 1.54) is 18.9 Å². The van der Waals surface area contributed by atoms with Gasteiger partial charge in [0.1, 0.15) is 11.3 Å². The van der Waals surface area contributed by atoms with E-state index >= 15 is 0 Å². The van der Waals surface area contributed by atoms with Crippen molar-refractivity contribution in [2.24, 2.45) is 0 Å². The molecule has 1 aromatic carbocycles. The molecule has 5 heteroatoms. The van der Waals surface area contributed by atoms with Crippen LogP contribution in [0.25, 0.3) is 11.0 Å². The topological polar surface area (TPSA) is 59.8 Å². The van der Waals surface area contributed by atoms with Gasteiger partial charge in [-0.1, -0.05) is 12.8 Å². The highest BCUT2D eigenvalue weighted by molar-refractivity contribution is 5.87. The van der Waals surface area contributed by atoms with E-state index in [0.29, 0.717) is 16.9 Å². The second-order valence-corrected chi connectivity index (χ2v) is 5.92. The van der Waals surface area contributed by atoms with E-state index in [2.05, 4.69) is 0 Å². The van der Waals surface area contributed by atoms with Gasteiger partial charge >= 0.3 is 5.63 Å². The fraction of sp³-hybridized carbons (Fsp3) is 0.444. The number of likely N-dealkylation sites (tertiary alicyclic amines) is 1. The van der Waals surface area contributed by atoms with Gasteiger partial charge in [0.05, 0.1) is 13.5 Å². The van der Waals surface area contributed by atoms with E-state index in [1.807, 2.05) is 17.0 Å². The lowest BCUT2D eigenvalue weighted by molar-refractivity contribution is -0.130. The Morgan fingerprint density at radius 1 is 1.17 bits per heavy atom. The number of hydrogen-bond acceptors (Lipinski definition) is 4. The molecular formula is C18H21NO4. The summed E-state index contributed by atoms with van der Waals surface area (Å²) < 4.78 is 10.4. The molecule has 0 atom stereocenters. The maximum Gasteiger partial charge on any atom is 0.336 e. The lowest BCUT2D eigenvalue weighted by Gasteiger charge is -2.20. The summed E-state index contributed by atoms with van der Waals surface area (Å²) in [6.45, 7) is 1.62. The number of hydrogen-bond donors (Lipinski definition) is 0. The Bertz CT molecular complexity index is 757. The van der Waals surface area contributed by atoms with Crippen LogP contribution in [0.15, 0.2) is 33.5 Å². The van der Waals surface area contributed by atoms with Crippen LogP contribution in [-0.4, -0.2) is 31.0 Å². The third kappa shape index (κ3) is 3.55. The third-order valence-electron chi connectivity index (χ3n) is 4.34. The largest absolute Gasteiger partial charge is 0.497 e. The van der Waals surface area contributed by atoms with Crippen molar-refractivity contribution < 1.29 is 13.9 Å². The number of benzene rings is 1. The van der Waals surface area contributed by atoms with E-state index in [9.17, 15) is 9.59 Å². The molecule has 122 valence electrons. The van der Waals surface area contributed by atoms with Gasteiger partial charge in [0.2, 0.25) is 5.91 Å². The van der Waals surface area contributed by atoms with Crippen LogP contribution < -0.4 is 10.4 Å². The van der Waals surface area contributed by atoms with Crippen molar-refractivity contribution in [1.82, 2.24) is 4.90 Å². The zero-order valence-corrected chi connectivity index (χ0v) is 13.3. The Kier molecular flexibility index (Phi) is 4.65. The number of carbonyl (C=O) groups is 1. The Morgan fingerprint density at radius 2 is 1.91 bits per heavy atom. The predicted octanol–water partition coefficient (Wildman–Crippen LogP) is 2.75. The molecule has 0 bridgehead atoms. The molecule has 1 aromatic heterocycles. The van der Waals surface area contributed by atoms with E-state index in [1.54, 1.807) is 13.2 Å². The molecule has 5 nitrogen and oxygen atoms in total. The maximum atomic E-state index is 12.6. The van der Waals surface area contributed by atoms with Crippen LogP contribution in [0.1, 0.15) is 31.2 Å². The van der Waals surface area contributed by atoms with Crippen molar-refractivity contribution in [2.45, 2.75) is 32.1 Å². The Balaban J connectivity index is 1.89. The van der Waals surface area contributed by atoms with Gasteiger partial charge in [0.25, 0.3) is 0 Å². The number of nitrogens with zero attached hydrogens (tertiary/aromatic N) is 1. The van der Waals surface area contributed by atoms with Gasteiger partial charge in [0, 0.05) is 30.6 Å². The van der Waals surface area contributed by atoms with Crippen LogP contribution in [0.5, 0.6) is 5.75 Å². The lowest BCUT2D eigenvalue weighted by atomic mass is 10.1. The second kappa shape index (κ2) is 6.86. The van der Waals surface area contributed by atoms with Crippen molar-refractivity contribution in [3.05, 3.63) is 40.2 Å². The van der Waals surface area contributed by atoms with Crippen molar-refractivity contribution in [3.63, 3.8) is 0 Å². The molecule has 1 amide bonds. The molecule has 1 aliphatic rings. The molecule has 0 saturated carbocycles. The predicted molar refractivity (Wildman–Crippen MR) is 87.8 cm³/mol. The first kappa shape index (κ1) is 15.6. The van der Waals surface area contributed by atoms with Gasteiger partial charge in [-0.05, 0) is 30.5 Å². The van der Waals surface area contributed by atoms with E-state index in [4.69, 9.17) is 9.15 Å². The number of methoxy groups -OCH3 is 1. The normalized spacial score (nSPS) is 15.4. The van der Waals surface area contributed by atoms with Crippen molar-refractivity contribution >= 4 is 16.9 Å². The van der Waals surface area contributed by atoms with Crippen molar-refractivity contribution in [3.8, 4) is 5.75 Å². The summed E-state index contributed by atoms with van der Waals surface area (Å²) in [6.07, 6.45) is 4.71. The lowest BCUT2D eigenvalue weighted by Crippen LogP contribution is -2.33. The highest BCUT2D eigenvalue weighted by atomic mass is 16.5. The summed E-state index contributed by atoms with van der Waals surface area (Å²) in [5.74, 6) is 0.700. The monoisotopic (exact) mass is 315 g/mol. The zero-order valence-electron chi connectivity index (χ0n) is 13.3. The first-order chi connectivity index (χ1) is 11.2. The van der Waals surface area contributed by atoms with Crippen LogP contribution >= 0.6 is 0 Å². The number of carbonyl (C=O) groups excluding carboxylic acids is 1. The summed E-state index contributed by atoms with van der Waals surface area (Å²) in [5, 5.41) is 0.786. The van der Waals surface area contributed by atoms with E-state index < -0.39 is 5.63 Å². The minimum absolute atomic E-state index is 0.0784. The maximum absolute atomic E-state index is 12.6. The Hall–Kier alpha value is -2.30. The molecule has 0 unspecified atom stereocenters. The molecule has 3 rings (SSSR count). The summed E-state index contributed by atoms with van der Waals surface area (Å²) in [7, 11) is 1.56. The third-order valence-corrected chi connectivity index (χ3v) is 4.34. The average molecular weight is 315 g/mol. The van der Waals surface area contributed by atoms with Crippen LogP contribution in [0, 0.1) is 0 Å². The number of fused-ring (bicyclic) bond motifs is 1. The SMILES string of the molecule is COc1ccc2c(CC(=O)N3CCCCCC3)cc(=O)oc2c1. The number of ether oxygens (including phenoxy) is 1. The molecular weight excluding hydrogens is 294 g/mol. The number of amides is 1. The molecule has 2 aromatic rings. The molecule has 1 fully saturated rings. The Labute approximate surface area is 134 Å². The first-order valence-electron chi connectivity index (χ1n) is 8.06. The fourth-order valence-electron chi connectivity index (χ4n) is 3.08. The summed E-state index contributed by atoms with van der Waals surface area (Å²) in [4.78, 5) is 26.3. The van der Waals surface area contributed by atoms with Gasteiger partial charge in [-0.3, -0.25) is 4.79 Å². The second-order valence-electron chi connectivity index (χ2n) is 5.92. The average Bonchev–Trinajstić information content (AvgIpc) is 2.83.